The number of ether oxygens (including phenoxy) is 1. The highest BCUT2D eigenvalue weighted by Gasteiger charge is 2.23. The minimum Gasteiger partial charge on any atom is -0.490 e. The predicted molar refractivity (Wildman–Crippen MR) is 80.2 cm³/mol. The predicted octanol–water partition coefficient (Wildman–Crippen LogP) is 2.32. The minimum atomic E-state index is -0.0333. The van der Waals surface area contributed by atoms with Crippen molar-refractivity contribution >= 4 is 17.5 Å². The number of carbonyl (C=O) groups is 1. The molecule has 1 N–H and O–H groups in total. The summed E-state index contributed by atoms with van der Waals surface area (Å²) in [6.45, 7) is 1.93. The molecule has 110 valence electrons. The Kier molecular flexibility index (Phi) is 5.68. The molecule has 1 heterocycles. The monoisotopic (exact) mass is 296 g/mol. The Bertz CT molecular complexity index is 447. The molecule has 0 spiro atoms. The van der Waals surface area contributed by atoms with Gasteiger partial charge in [-0.2, -0.15) is 0 Å². The first-order chi connectivity index (χ1) is 9.68. The number of carbonyl (C=O) groups excluding carboxylic acids is 1. The van der Waals surface area contributed by atoms with Crippen LogP contribution in [-0.2, 0) is 4.79 Å². The van der Waals surface area contributed by atoms with Gasteiger partial charge in [0.15, 0.2) is 0 Å². The summed E-state index contributed by atoms with van der Waals surface area (Å²) in [6, 6.07) is 7.32. The Morgan fingerprint density at radius 2 is 2.25 bits per heavy atom. The Morgan fingerprint density at radius 1 is 1.45 bits per heavy atom. The fraction of sp³-hybridized carbons (Fsp3) is 0.533. The summed E-state index contributed by atoms with van der Waals surface area (Å²) < 4.78 is 5.60. The molecule has 5 heteroatoms. The van der Waals surface area contributed by atoms with Crippen molar-refractivity contribution in [2.24, 2.45) is 0 Å². The van der Waals surface area contributed by atoms with Crippen LogP contribution in [0.2, 0.25) is 5.02 Å². The molecule has 4 nitrogen and oxygen atoms in total. The molecule has 20 heavy (non-hydrogen) atoms. The van der Waals surface area contributed by atoms with E-state index < -0.39 is 0 Å². The van der Waals surface area contributed by atoms with Crippen LogP contribution in [0.15, 0.2) is 24.3 Å². The molecular formula is C15H21ClN2O2. The van der Waals surface area contributed by atoms with E-state index in [4.69, 9.17) is 16.3 Å². The molecule has 1 aliphatic heterocycles. The number of rotatable bonds is 5. The summed E-state index contributed by atoms with van der Waals surface area (Å²) >= 11 is 6.01. The Morgan fingerprint density at radius 3 is 2.95 bits per heavy atom. The highest BCUT2D eigenvalue weighted by atomic mass is 35.5. The van der Waals surface area contributed by atoms with Crippen LogP contribution in [0.25, 0.3) is 0 Å². The van der Waals surface area contributed by atoms with Crippen LogP contribution >= 0.6 is 11.6 Å². The zero-order valence-electron chi connectivity index (χ0n) is 11.8. The third-order valence-electron chi connectivity index (χ3n) is 3.51. The molecular weight excluding hydrogens is 276 g/mol. The number of halogens is 1. The van der Waals surface area contributed by atoms with Crippen molar-refractivity contribution in [3.05, 3.63) is 29.3 Å². The molecule has 1 aromatic carbocycles. The fourth-order valence-corrected chi connectivity index (χ4v) is 2.48. The summed E-state index contributed by atoms with van der Waals surface area (Å²) in [4.78, 5) is 13.9. The third-order valence-corrected chi connectivity index (χ3v) is 3.82. The van der Waals surface area contributed by atoms with Crippen LogP contribution in [0.1, 0.15) is 19.3 Å². The lowest BCUT2D eigenvalue weighted by Gasteiger charge is -2.27. The number of likely N-dealkylation sites (N-methyl/N-ethyl adjacent to an activating group) is 1. The number of hydrogen-bond donors (Lipinski definition) is 1. The van der Waals surface area contributed by atoms with Crippen molar-refractivity contribution in [2.75, 3.05) is 26.7 Å². The third kappa shape index (κ3) is 4.12. The second-order valence-electron chi connectivity index (χ2n) is 5.04. The van der Waals surface area contributed by atoms with Crippen molar-refractivity contribution in [2.45, 2.75) is 25.3 Å². The van der Waals surface area contributed by atoms with Gasteiger partial charge in [0, 0.05) is 7.05 Å². The maximum atomic E-state index is 12.2. The number of nitrogens with one attached hydrogen (secondary N) is 1. The van der Waals surface area contributed by atoms with Crippen molar-refractivity contribution in [3.8, 4) is 5.75 Å². The van der Waals surface area contributed by atoms with Gasteiger partial charge in [-0.3, -0.25) is 4.79 Å². The van der Waals surface area contributed by atoms with Gasteiger partial charge in [0.2, 0.25) is 5.91 Å². The van der Waals surface area contributed by atoms with E-state index in [-0.39, 0.29) is 11.9 Å². The van der Waals surface area contributed by atoms with E-state index in [1.165, 1.54) is 0 Å². The Hall–Kier alpha value is -1.26. The number of amides is 1. The van der Waals surface area contributed by atoms with E-state index in [1.807, 2.05) is 25.2 Å². The molecule has 1 fully saturated rings. The van der Waals surface area contributed by atoms with E-state index in [9.17, 15) is 4.79 Å². The lowest BCUT2D eigenvalue weighted by molar-refractivity contribution is -0.133. The number of piperidine rings is 1. The fourth-order valence-electron chi connectivity index (χ4n) is 2.29. The molecule has 1 aliphatic rings. The molecule has 1 saturated heterocycles. The summed E-state index contributed by atoms with van der Waals surface area (Å²) in [5, 5.41) is 3.86. The summed E-state index contributed by atoms with van der Waals surface area (Å²) in [7, 11) is 1.81. The summed E-state index contributed by atoms with van der Waals surface area (Å²) in [5.41, 5.74) is 0. The molecule has 1 atom stereocenters. The first kappa shape index (κ1) is 15.1. The van der Waals surface area contributed by atoms with Gasteiger partial charge in [-0.15, -0.1) is 0 Å². The molecule has 0 aliphatic carbocycles. The standard InChI is InChI=1S/C15H21ClN2O2/c1-18(15(19)13-7-4-5-9-17-13)10-11-20-14-8-3-2-6-12(14)16/h2-3,6,8,13,17H,4-5,7,9-11H2,1H3/t13-/m0/s1. The van der Waals surface area contributed by atoms with Gasteiger partial charge in [0.05, 0.1) is 17.6 Å². The Balaban J connectivity index is 1.75. The molecule has 2 rings (SSSR count). The van der Waals surface area contributed by atoms with E-state index >= 15 is 0 Å². The van der Waals surface area contributed by atoms with Gasteiger partial charge in [-0.05, 0) is 31.5 Å². The summed E-state index contributed by atoms with van der Waals surface area (Å²) in [5.74, 6) is 0.804. The van der Waals surface area contributed by atoms with Gasteiger partial charge < -0.3 is 15.0 Å². The molecule has 0 saturated carbocycles. The topological polar surface area (TPSA) is 41.6 Å². The van der Waals surface area contributed by atoms with Crippen LogP contribution in [-0.4, -0.2) is 43.6 Å². The van der Waals surface area contributed by atoms with Crippen molar-refractivity contribution in [3.63, 3.8) is 0 Å². The van der Waals surface area contributed by atoms with Gasteiger partial charge in [-0.25, -0.2) is 0 Å². The van der Waals surface area contributed by atoms with Crippen LogP contribution in [0.5, 0.6) is 5.75 Å². The van der Waals surface area contributed by atoms with E-state index in [0.29, 0.717) is 23.9 Å². The summed E-state index contributed by atoms with van der Waals surface area (Å²) in [6.07, 6.45) is 3.20. The van der Waals surface area contributed by atoms with Gasteiger partial charge in [0.25, 0.3) is 0 Å². The van der Waals surface area contributed by atoms with Crippen LogP contribution in [0.3, 0.4) is 0 Å². The number of hydrogen-bond acceptors (Lipinski definition) is 3. The lowest BCUT2D eigenvalue weighted by Crippen LogP contribution is -2.48. The second-order valence-corrected chi connectivity index (χ2v) is 5.45. The normalized spacial score (nSPS) is 18.6. The second kappa shape index (κ2) is 7.50. The van der Waals surface area contributed by atoms with E-state index in [1.54, 1.807) is 11.0 Å². The van der Waals surface area contributed by atoms with E-state index in [0.717, 1.165) is 25.8 Å². The SMILES string of the molecule is CN(CCOc1ccccc1Cl)C(=O)[C@@H]1CCCCN1. The maximum absolute atomic E-state index is 12.2. The van der Waals surface area contributed by atoms with Gasteiger partial charge >= 0.3 is 0 Å². The van der Waals surface area contributed by atoms with Crippen LogP contribution in [0, 0.1) is 0 Å². The van der Waals surface area contributed by atoms with Crippen molar-refractivity contribution in [1.29, 1.82) is 0 Å². The number of para-hydroxylation sites is 1. The average molecular weight is 297 g/mol. The number of benzene rings is 1. The smallest absolute Gasteiger partial charge is 0.239 e. The van der Waals surface area contributed by atoms with Crippen LogP contribution in [0.4, 0.5) is 0 Å². The van der Waals surface area contributed by atoms with Gasteiger partial charge in [-0.1, -0.05) is 30.2 Å². The van der Waals surface area contributed by atoms with E-state index in [2.05, 4.69) is 5.32 Å². The zero-order valence-corrected chi connectivity index (χ0v) is 12.5. The maximum Gasteiger partial charge on any atom is 0.239 e. The molecule has 0 radical (unpaired) electrons. The lowest BCUT2D eigenvalue weighted by atomic mass is 10.0. The molecule has 0 unspecified atom stereocenters. The molecule has 0 bridgehead atoms. The average Bonchev–Trinajstić information content (AvgIpc) is 2.49. The highest BCUT2D eigenvalue weighted by molar-refractivity contribution is 6.32. The Labute approximate surface area is 125 Å². The van der Waals surface area contributed by atoms with Crippen LogP contribution < -0.4 is 10.1 Å². The van der Waals surface area contributed by atoms with Crippen molar-refractivity contribution < 1.29 is 9.53 Å². The highest BCUT2D eigenvalue weighted by Crippen LogP contribution is 2.22. The molecule has 1 amide bonds. The van der Waals surface area contributed by atoms with Gasteiger partial charge in [0.1, 0.15) is 12.4 Å². The first-order valence-electron chi connectivity index (χ1n) is 7.04. The first-order valence-corrected chi connectivity index (χ1v) is 7.42. The van der Waals surface area contributed by atoms with Crippen molar-refractivity contribution in [1.82, 2.24) is 10.2 Å². The minimum absolute atomic E-state index is 0.0333. The number of nitrogens with zero attached hydrogens (tertiary/aromatic N) is 1. The quantitative estimate of drug-likeness (QED) is 0.907. The zero-order chi connectivity index (χ0) is 14.4. The molecule has 0 aromatic heterocycles. The largest absolute Gasteiger partial charge is 0.490 e. The molecule has 1 aromatic rings.